The molecule has 0 bridgehead atoms. The van der Waals surface area contributed by atoms with Crippen LogP contribution in [0.4, 0.5) is 0 Å². The lowest BCUT2D eigenvalue weighted by molar-refractivity contribution is 0.287. The smallest absolute Gasteiger partial charge is 0.338 e. The number of rotatable bonds is 23. The Morgan fingerprint density at radius 1 is 0.675 bits per heavy atom. The molecule has 242 valence electrons. The minimum Gasteiger partial charge on any atom is -0.440 e. The standard InChI is InChI=1S/C12H54O13SSi14/c1-19-36(8,9)40(33-18,22-29-14)38(39(31-16,32-17)21-28-13,24-35(6,7)23-34(3,4)5)25-37(20-2,30-15)27-12-10-11-26/h13-18,26H,10-12,27-33H2,1-9H3. The minimum absolute atomic E-state index is 0.674. The first-order chi connectivity index (χ1) is 18.4. The van der Waals surface area contributed by atoms with Crippen LogP contribution in [-0.2, 0) is 29.4 Å². The van der Waals surface area contributed by atoms with Crippen molar-refractivity contribution >= 4 is 132 Å². The Hall–Kier alpha value is 2.87. The van der Waals surface area contributed by atoms with Crippen molar-refractivity contribution < 1.29 is 58.2 Å². The minimum atomic E-state index is -4.29. The SMILES string of the molecule is CO[Si](O[Si](O[Si](C)(C)O[Si](C)(C)C)([Si](O[SiH2]O)([SiH2]O)[SiH2]O)[Si](O[SiH2]O)([SiH2]O)[Si](C)(C)OC)([SiH2]O)[SiH2]CCCS. The van der Waals surface area contributed by atoms with Gasteiger partial charge in [-0.2, -0.15) is 12.6 Å². The molecule has 0 amide bonds. The molecular weight excluding hydrogens is 777 g/mol. The summed E-state index contributed by atoms with van der Waals surface area (Å²) in [5.74, 6) is 0.674. The Bertz CT molecular complexity index is 733. The number of hydrogen-bond donors (Lipinski definition) is 7. The highest BCUT2D eigenvalue weighted by molar-refractivity contribution is 7.99. The summed E-state index contributed by atoms with van der Waals surface area (Å²) in [6.07, 6.45) is 0.821. The fourth-order valence-electron chi connectivity index (χ4n) is 4.83. The first-order valence-electron chi connectivity index (χ1n) is 13.2. The van der Waals surface area contributed by atoms with Crippen molar-refractivity contribution in [2.75, 3.05) is 20.0 Å². The molecule has 0 aromatic rings. The zero-order chi connectivity index (χ0) is 31.5. The highest BCUT2D eigenvalue weighted by atomic mass is 32.1. The summed E-state index contributed by atoms with van der Waals surface area (Å²) in [6, 6.07) is 0.802. The van der Waals surface area contributed by atoms with E-state index in [1.807, 2.05) is 45.8 Å². The molecule has 0 heterocycles. The Morgan fingerprint density at radius 2 is 1.23 bits per heavy atom. The van der Waals surface area contributed by atoms with Crippen LogP contribution in [-0.4, -0.2) is 169 Å². The van der Waals surface area contributed by atoms with E-state index in [0.29, 0.717) is 5.75 Å². The third kappa shape index (κ3) is 10.2. The van der Waals surface area contributed by atoms with E-state index in [-0.39, 0.29) is 0 Å². The molecule has 0 radical (unpaired) electrons. The average molecular weight is 832 g/mol. The van der Waals surface area contributed by atoms with Crippen LogP contribution in [0.2, 0.25) is 51.9 Å². The van der Waals surface area contributed by atoms with E-state index in [2.05, 4.69) is 12.6 Å². The maximum Gasteiger partial charge on any atom is 0.338 e. The fourth-order valence-corrected chi connectivity index (χ4v) is 198. The van der Waals surface area contributed by atoms with Crippen LogP contribution >= 0.6 is 12.6 Å². The van der Waals surface area contributed by atoms with Crippen molar-refractivity contribution in [3.63, 3.8) is 0 Å². The van der Waals surface area contributed by atoms with Gasteiger partial charge in [-0.15, -0.1) is 0 Å². The Kier molecular flexibility index (Phi) is 19.6. The number of hydrogen-bond acceptors (Lipinski definition) is 14. The topological polar surface area (TPSA) is 186 Å². The summed E-state index contributed by atoms with van der Waals surface area (Å²) in [7, 11) is -27.1. The Labute approximate surface area is 267 Å². The van der Waals surface area contributed by atoms with Crippen molar-refractivity contribution in [1.29, 1.82) is 0 Å². The zero-order valence-corrected chi connectivity index (χ0v) is 43.4. The van der Waals surface area contributed by atoms with Gasteiger partial charge >= 0.3 is 23.8 Å². The lowest BCUT2D eigenvalue weighted by Gasteiger charge is -2.59. The van der Waals surface area contributed by atoms with Crippen molar-refractivity contribution in [3.05, 3.63) is 0 Å². The first-order valence-corrected chi connectivity index (χ1v) is 51.0. The monoisotopic (exact) mass is 830 g/mol. The molecule has 0 aromatic carbocycles. The van der Waals surface area contributed by atoms with Crippen molar-refractivity contribution in [1.82, 2.24) is 0 Å². The molecule has 0 spiro atoms. The molecule has 0 fully saturated rings. The van der Waals surface area contributed by atoms with Crippen LogP contribution in [0.1, 0.15) is 6.42 Å². The largest absolute Gasteiger partial charge is 0.440 e. The van der Waals surface area contributed by atoms with E-state index >= 15 is 0 Å². The molecule has 3 unspecified atom stereocenters. The summed E-state index contributed by atoms with van der Waals surface area (Å²) >= 11 is 4.35. The van der Waals surface area contributed by atoms with Crippen LogP contribution in [0.3, 0.4) is 0 Å². The van der Waals surface area contributed by atoms with Crippen molar-refractivity contribution in [2.45, 2.75) is 58.3 Å². The van der Waals surface area contributed by atoms with E-state index in [9.17, 15) is 28.8 Å². The normalized spacial score (nSPS) is 21.6. The second kappa shape index (κ2) is 18.3. The fraction of sp³-hybridized carbons (Fsp3) is 1.00. The Morgan fingerprint density at radius 3 is 1.57 bits per heavy atom. The highest BCUT2D eigenvalue weighted by Crippen LogP contribution is 2.40. The van der Waals surface area contributed by atoms with Gasteiger partial charge < -0.3 is 58.2 Å². The number of thiol groups is 1. The second-order valence-electron chi connectivity index (χ2n) is 11.4. The molecule has 0 aliphatic rings. The average Bonchev–Trinajstić information content (AvgIpc) is 2.87. The summed E-state index contributed by atoms with van der Waals surface area (Å²) < 4.78 is 46.3. The van der Waals surface area contributed by atoms with E-state index in [1.165, 1.54) is 7.11 Å². The Balaban J connectivity index is 8.18. The summed E-state index contributed by atoms with van der Waals surface area (Å²) in [6.45, 7) is 6.05. The molecule has 28 heteroatoms. The van der Waals surface area contributed by atoms with Crippen LogP contribution in [0.5, 0.6) is 0 Å². The lowest BCUT2D eigenvalue weighted by Crippen LogP contribution is -2.97. The zero-order valence-electron chi connectivity index (χ0n) is 25.6. The van der Waals surface area contributed by atoms with E-state index in [4.69, 9.17) is 29.4 Å². The molecule has 0 rings (SSSR count). The van der Waals surface area contributed by atoms with Gasteiger partial charge in [0.25, 0.3) is 33.8 Å². The van der Waals surface area contributed by atoms with Gasteiger partial charge in [0.05, 0.1) is 9.04 Å². The summed E-state index contributed by atoms with van der Waals surface area (Å²) in [4.78, 5) is 65.8. The van der Waals surface area contributed by atoms with Crippen molar-refractivity contribution in [2.24, 2.45) is 0 Å². The highest BCUT2D eigenvalue weighted by Gasteiger charge is 2.82. The van der Waals surface area contributed by atoms with Crippen LogP contribution in [0, 0.1) is 0 Å². The molecule has 0 saturated heterocycles. The molecule has 3 atom stereocenters. The molecule has 0 saturated carbocycles. The molecule has 6 N–H and O–H groups in total. The third-order valence-electron chi connectivity index (χ3n) is 6.85. The van der Waals surface area contributed by atoms with Crippen LogP contribution in [0.15, 0.2) is 0 Å². The van der Waals surface area contributed by atoms with Gasteiger partial charge in [-0.05, 0) is 58.0 Å². The van der Waals surface area contributed by atoms with Gasteiger partial charge in [0.2, 0.25) is 17.1 Å². The first kappa shape index (κ1) is 42.9. The van der Waals surface area contributed by atoms with Crippen molar-refractivity contribution in [3.8, 4) is 0 Å². The van der Waals surface area contributed by atoms with Gasteiger partial charge in [0.15, 0.2) is 36.2 Å². The molecule has 0 aliphatic heterocycles. The summed E-state index contributed by atoms with van der Waals surface area (Å²) in [5, 5.41) is 0. The van der Waals surface area contributed by atoms with Crippen LogP contribution < -0.4 is 0 Å². The quantitative estimate of drug-likeness (QED) is 0.0293. The predicted octanol–water partition coefficient (Wildman–Crippen LogP) is -7.21. The predicted molar refractivity (Wildman–Crippen MR) is 197 cm³/mol. The van der Waals surface area contributed by atoms with Gasteiger partial charge in [-0.1, -0.05) is 6.04 Å². The molecular formula is C12H54O13SSi14. The molecule has 40 heavy (non-hydrogen) atoms. The lowest BCUT2D eigenvalue weighted by atomic mass is 10.6. The van der Waals surface area contributed by atoms with Crippen LogP contribution in [0.25, 0.3) is 0 Å². The third-order valence-corrected chi connectivity index (χ3v) is 135. The van der Waals surface area contributed by atoms with Gasteiger partial charge in [0.1, 0.15) is 0 Å². The maximum atomic E-state index is 11.5. The molecule has 13 nitrogen and oxygen atoms in total. The second-order valence-corrected chi connectivity index (χ2v) is 91.4. The van der Waals surface area contributed by atoms with Gasteiger partial charge in [-0.25, -0.2) is 0 Å². The van der Waals surface area contributed by atoms with E-state index in [1.54, 1.807) is 7.11 Å². The van der Waals surface area contributed by atoms with E-state index < -0.39 is 120 Å². The maximum absolute atomic E-state index is 11.5. The van der Waals surface area contributed by atoms with Gasteiger partial charge in [-0.3, -0.25) is 0 Å². The van der Waals surface area contributed by atoms with Gasteiger partial charge in [0, 0.05) is 14.2 Å². The van der Waals surface area contributed by atoms with E-state index in [0.717, 1.165) is 12.5 Å². The molecule has 0 aromatic heterocycles. The molecule has 0 aliphatic carbocycles. The summed E-state index contributed by atoms with van der Waals surface area (Å²) in [5.41, 5.74) is 0.